The van der Waals surface area contributed by atoms with E-state index in [1.54, 1.807) is 12.0 Å². The number of amides is 2. The van der Waals surface area contributed by atoms with Gasteiger partial charge >= 0.3 is 0 Å². The summed E-state index contributed by atoms with van der Waals surface area (Å²) in [6.45, 7) is 1.96. The zero-order valence-corrected chi connectivity index (χ0v) is 16.8. The first-order valence-electron chi connectivity index (χ1n) is 10.1. The molecule has 0 saturated carbocycles. The molecule has 1 aliphatic heterocycles. The van der Waals surface area contributed by atoms with E-state index in [0.29, 0.717) is 50.8 Å². The van der Waals surface area contributed by atoms with Crippen molar-refractivity contribution < 1.29 is 18.8 Å². The van der Waals surface area contributed by atoms with Gasteiger partial charge in [0.1, 0.15) is 0 Å². The Morgan fingerprint density at radius 3 is 2.90 bits per heavy atom. The predicted molar refractivity (Wildman–Crippen MR) is 107 cm³/mol. The number of rotatable bonds is 5. The van der Waals surface area contributed by atoms with Gasteiger partial charge in [-0.2, -0.15) is 4.98 Å². The lowest BCUT2D eigenvalue weighted by Gasteiger charge is -2.22. The molecule has 156 valence electrons. The second-order valence-corrected chi connectivity index (χ2v) is 7.17. The van der Waals surface area contributed by atoms with Gasteiger partial charge in [0.25, 0.3) is 0 Å². The van der Waals surface area contributed by atoms with Crippen LogP contribution in [0.1, 0.15) is 43.9 Å². The Kier molecular flexibility index (Phi) is 7.75. The minimum absolute atomic E-state index is 0.0135. The topological polar surface area (TPSA) is 97.6 Å². The third-order valence-electron chi connectivity index (χ3n) is 5.10. The van der Waals surface area contributed by atoms with Crippen molar-refractivity contribution in [3.8, 4) is 11.4 Å². The molecule has 2 heterocycles. The molecule has 1 aromatic heterocycles. The minimum atomic E-state index is -0.0503. The van der Waals surface area contributed by atoms with Crippen molar-refractivity contribution in [1.82, 2.24) is 20.4 Å². The lowest BCUT2D eigenvalue weighted by atomic mass is 9.99. The molecule has 2 aromatic rings. The molecule has 1 unspecified atom stereocenters. The van der Waals surface area contributed by atoms with Gasteiger partial charge in [-0.05, 0) is 19.3 Å². The number of hydrogen-bond acceptors (Lipinski definition) is 6. The summed E-state index contributed by atoms with van der Waals surface area (Å²) in [5, 5.41) is 7.05. The molecule has 1 saturated heterocycles. The van der Waals surface area contributed by atoms with Crippen molar-refractivity contribution in [2.75, 3.05) is 33.4 Å². The Morgan fingerprint density at radius 1 is 1.28 bits per heavy atom. The van der Waals surface area contributed by atoms with Crippen molar-refractivity contribution in [3.05, 3.63) is 36.2 Å². The van der Waals surface area contributed by atoms with E-state index in [2.05, 4.69) is 15.5 Å². The third-order valence-corrected chi connectivity index (χ3v) is 5.10. The van der Waals surface area contributed by atoms with Crippen molar-refractivity contribution in [1.29, 1.82) is 0 Å². The molecule has 0 spiro atoms. The van der Waals surface area contributed by atoms with E-state index in [0.717, 1.165) is 24.8 Å². The average molecular weight is 400 g/mol. The Hall–Kier alpha value is -2.74. The second-order valence-electron chi connectivity index (χ2n) is 7.17. The lowest BCUT2D eigenvalue weighted by molar-refractivity contribution is -0.132. The van der Waals surface area contributed by atoms with Crippen molar-refractivity contribution in [2.24, 2.45) is 0 Å². The smallest absolute Gasteiger partial charge is 0.230 e. The van der Waals surface area contributed by atoms with Gasteiger partial charge in [0.15, 0.2) is 0 Å². The van der Waals surface area contributed by atoms with Crippen molar-refractivity contribution >= 4 is 11.8 Å². The molecule has 1 aromatic carbocycles. The number of hydrogen-bond donors (Lipinski definition) is 1. The van der Waals surface area contributed by atoms with E-state index >= 15 is 0 Å². The second kappa shape index (κ2) is 10.7. The summed E-state index contributed by atoms with van der Waals surface area (Å²) in [7, 11) is 1.58. The molecule has 3 rings (SSSR count). The number of nitrogens with one attached hydrogen (secondary N) is 1. The third kappa shape index (κ3) is 6.12. The highest BCUT2D eigenvalue weighted by atomic mass is 16.5. The average Bonchev–Trinajstić information content (AvgIpc) is 3.22. The van der Waals surface area contributed by atoms with Crippen LogP contribution < -0.4 is 5.32 Å². The van der Waals surface area contributed by atoms with Gasteiger partial charge < -0.3 is 19.5 Å². The highest BCUT2D eigenvalue weighted by Crippen LogP contribution is 2.26. The molecule has 8 heteroatoms. The summed E-state index contributed by atoms with van der Waals surface area (Å²) in [4.78, 5) is 30.8. The molecular weight excluding hydrogens is 372 g/mol. The van der Waals surface area contributed by atoms with Crippen LogP contribution in [0, 0.1) is 0 Å². The first-order valence-corrected chi connectivity index (χ1v) is 10.1. The lowest BCUT2D eigenvalue weighted by Crippen LogP contribution is -2.36. The van der Waals surface area contributed by atoms with Gasteiger partial charge in [-0.25, -0.2) is 0 Å². The van der Waals surface area contributed by atoms with Crippen molar-refractivity contribution in [2.45, 2.75) is 38.0 Å². The van der Waals surface area contributed by atoms with Gasteiger partial charge in [0.2, 0.25) is 23.5 Å². The summed E-state index contributed by atoms with van der Waals surface area (Å²) >= 11 is 0. The zero-order chi connectivity index (χ0) is 20.5. The normalized spacial score (nSPS) is 18.7. The number of ether oxygens (including phenoxy) is 1. The quantitative estimate of drug-likeness (QED) is 0.828. The molecule has 1 atom stereocenters. The van der Waals surface area contributed by atoms with Crippen LogP contribution in [0.3, 0.4) is 0 Å². The van der Waals surface area contributed by atoms with E-state index in [1.165, 1.54) is 0 Å². The number of benzene rings is 1. The Balaban J connectivity index is 1.68. The van der Waals surface area contributed by atoms with Crippen molar-refractivity contribution in [3.63, 3.8) is 0 Å². The molecule has 8 nitrogen and oxygen atoms in total. The van der Waals surface area contributed by atoms with Crippen LogP contribution in [0.15, 0.2) is 34.9 Å². The number of carbonyl (C=O) groups excluding carboxylic acids is 2. The Bertz CT molecular complexity index is 793. The maximum Gasteiger partial charge on any atom is 0.230 e. The first-order chi connectivity index (χ1) is 14.2. The maximum absolute atomic E-state index is 12.4. The van der Waals surface area contributed by atoms with Gasteiger partial charge in [0, 0.05) is 44.6 Å². The number of nitrogens with zero attached hydrogens (tertiary/aromatic N) is 3. The standard InChI is InChI=1S/C21H28N4O4/c1-28-15-11-19(27)25-13-5-8-17(9-12-22-18(26)10-14-25)21-23-20(24-29-21)16-6-3-2-4-7-16/h2-4,6-7,17H,5,8-15H2,1H3,(H,22,26). The number of carbonyl (C=O) groups is 2. The highest BCUT2D eigenvalue weighted by molar-refractivity contribution is 5.79. The largest absolute Gasteiger partial charge is 0.384 e. The number of methoxy groups -OCH3 is 1. The molecule has 0 bridgehead atoms. The molecule has 2 amide bonds. The van der Waals surface area contributed by atoms with Crippen LogP contribution in [-0.4, -0.2) is 60.2 Å². The number of aromatic nitrogens is 2. The monoisotopic (exact) mass is 400 g/mol. The summed E-state index contributed by atoms with van der Waals surface area (Å²) in [6.07, 6.45) is 2.97. The maximum atomic E-state index is 12.4. The zero-order valence-electron chi connectivity index (χ0n) is 16.8. The highest BCUT2D eigenvalue weighted by Gasteiger charge is 2.22. The van der Waals surface area contributed by atoms with E-state index < -0.39 is 0 Å². The molecule has 29 heavy (non-hydrogen) atoms. The Labute approximate surface area is 170 Å². The molecule has 1 N–H and O–H groups in total. The molecular formula is C21H28N4O4. The van der Waals surface area contributed by atoms with E-state index in [1.807, 2.05) is 30.3 Å². The van der Waals surface area contributed by atoms with Crippen LogP contribution in [0.5, 0.6) is 0 Å². The Morgan fingerprint density at radius 2 is 2.10 bits per heavy atom. The molecule has 1 aliphatic rings. The molecule has 0 radical (unpaired) electrons. The van der Waals surface area contributed by atoms with Gasteiger partial charge in [-0.3, -0.25) is 9.59 Å². The SMILES string of the molecule is COCCC(=O)N1CCCC(c2nc(-c3ccccc3)no2)CCNC(=O)CC1. The van der Waals surface area contributed by atoms with Crippen LogP contribution in [0.2, 0.25) is 0 Å². The minimum Gasteiger partial charge on any atom is -0.384 e. The fraction of sp³-hybridized carbons (Fsp3) is 0.524. The van der Waals surface area contributed by atoms with Gasteiger partial charge in [-0.15, -0.1) is 0 Å². The first kappa shape index (κ1) is 21.0. The molecule has 0 aliphatic carbocycles. The van der Waals surface area contributed by atoms with Crippen LogP contribution >= 0.6 is 0 Å². The van der Waals surface area contributed by atoms with Gasteiger partial charge in [0.05, 0.1) is 13.0 Å². The fourth-order valence-corrected chi connectivity index (χ4v) is 3.44. The summed E-state index contributed by atoms with van der Waals surface area (Å²) in [5.74, 6) is 1.14. The van der Waals surface area contributed by atoms with E-state index in [-0.39, 0.29) is 17.7 Å². The van der Waals surface area contributed by atoms with Crippen LogP contribution in [0.4, 0.5) is 0 Å². The van der Waals surface area contributed by atoms with E-state index in [9.17, 15) is 9.59 Å². The summed E-state index contributed by atoms with van der Waals surface area (Å²) in [6, 6.07) is 9.69. The van der Waals surface area contributed by atoms with Crippen LogP contribution in [0.25, 0.3) is 11.4 Å². The summed E-state index contributed by atoms with van der Waals surface area (Å²) < 4.78 is 10.5. The molecule has 1 fully saturated rings. The van der Waals surface area contributed by atoms with Gasteiger partial charge in [-0.1, -0.05) is 35.5 Å². The van der Waals surface area contributed by atoms with E-state index in [4.69, 9.17) is 9.26 Å². The predicted octanol–water partition coefficient (Wildman–Crippen LogP) is 2.38. The fourth-order valence-electron chi connectivity index (χ4n) is 3.44. The van der Waals surface area contributed by atoms with Crippen LogP contribution in [-0.2, 0) is 14.3 Å². The summed E-state index contributed by atoms with van der Waals surface area (Å²) in [5.41, 5.74) is 0.905.